The fraction of sp³-hybridized carbons (Fsp3) is 1.00. The molecule has 0 saturated heterocycles. The highest BCUT2D eigenvalue weighted by molar-refractivity contribution is 4.67. The van der Waals surface area contributed by atoms with Crippen LogP contribution < -0.4 is 5.73 Å². The van der Waals surface area contributed by atoms with Gasteiger partial charge in [-0.25, -0.2) is 0 Å². The molecule has 1 atom stereocenters. The quantitative estimate of drug-likeness (QED) is 0.714. The highest BCUT2D eigenvalue weighted by Crippen LogP contribution is 2.20. The van der Waals surface area contributed by atoms with Crippen molar-refractivity contribution in [2.24, 2.45) is 5.73 Å². The summed E-state index contributed by atoms with van der Waals surface area (Å²) in [5.74, 6) is 0. The van der Waals surface area contributed by atoms with E-state index in [1.807, 2.05) is 0 Å². The van der Waals surface area contributed by atoms with E-state index < -0.39 is 0 Å². The average molecular weight is 185 g/mol. The number of nitrogens with two attached hydrogens (primary N) is 1. The smallest absolute Gasteiger partial charge is 0.0621 e. The van der Waals surface area contributed by atoms with Gasteiger partial charge in [-0.2, -0.15) is 0 Å². The molecule has 1 aliphatic rings. The Morgan fingerprint density at radius 3 is 2.62 bits per heavy atom. The minimum absolute atomic E-state index is 0.256. The molecule has 2 heteroatoms. The van der Waals surface area contributed by atoms with Gasteiger partial charge in [0.1, 0.15) is 0 Å². The van der Waals surface area contributed by atoms with Gasteiger partial charge in [0.25, 0.3) is 0 Å². The van der Waals surface area contributed by atoms with Gasteiger partial charge in [0.15, 0.2) is 0 Å². The van der Waals surface area contributed by atoms with E-state index in [4.69, 9.17) is 10.5 Å². The van der Waals surface area contributed by atoms with Crippen LogP contribution in [0.3, 0.4) is 0 Å². The highest BCUT2D eigenvalue weighted by atomic mass is 16.5. The van der Waals surface area contributed by atoms with Crippen molar-refractivity contribution in [3.63, 3.8) is 0 Å². The monoisotopic (exact) mass is 185 g/mol. The Bertz CT molecular complexity index is 121. The van der Waals surface area contributed by atoms with Crippen LogP contribution in [0.1, 0.15) is 51.9 Å². The van der Waals surface area contributed by atoms with Crippen LogP contribution in [-0.4, -0.2) is 18.8 Å². The van der Waals surface area contributed by atoms with Gasteiger partial charge >= 0.3 is 0 Å². The molecule has 1 unspecified atom stereocenters. The molecule has 0 aliphatic heterocycles. The van der Waals surface area contributed by atoms with Gasteiger partial charge < -0.3 is 10.5 Å². The number of hydrogen-bond acceptors (Lipinski definition) is 2. The van der Waals surface area contributed by atoms with Crippen LogP contribution in [0.2, 0.25) is 0 Å². The first-order valence-electron chi connectivity index (χ1n) is 5.70. The maximum Gasteiger partial charge on any atom is 0.0621 e. The van der Waals surface area contributed by atoms with Crippen LogP contribution in [0.5, 0.6) is 0 Å². The molecule has 1 rings (SSSR count). The third-order valence-corrected chi connectivity index (χ3v) is 2.76. The van der Waals surface area contributed by atoms with Crippen LogP contribution in [0.25, 0.3) is 0 Å². The van der Waals surface area contributed by atoms with Crippen molar-refractivity contribution in [3.8, 4) is 0 Å². The largest absolute Gasteiger partial charge is 0.377 e. The summed E-state index contributed by atoms with van der Waals surface area (Å²) in [6.45, 7) is 2.93. The molecule has 0 spiro atoms. The van der Waals surface area contributed by atoms with Crippen molar-refractivity contribution in [2.45, 2.75) is 64.0 Å². The molecule has 0 bridgehead atoms. The Kier molecular flexibility index (Phi) is 5.40. The van der Waals surface area contributed by atoms with Crippen molar-refractivity contribution in [3.05, 3.63) is 0 Å². The van der Waals surface area contributed by atoms with E-state index in [0.717, 1.165) is 19.4 Å². The van der Waals surface area contributed by atoms with Crippen molar-refractivity contribution in [2.75, 3.05) is 6.61 Å². The lowest BCUT2D eigenvalue weighted by Gasteiger charge is -2.23. The van der Waals surface area contributed by atoms with Gasteiger partial charge in [0.2, 0.25) is 0 Å². The summed E-state index contributed by atoms with van der Waals surface area (Å²) in [7, 11) is 0. The molecule has 1 saturated carbocycles. The summed E-state index contributed by atoms with van der Waals surface area (Å²) < 4.78 is 5.77. The molecule has 0 amide bonds. The summed E-state index contributed by atoms with van der Waals surface area (Å²) in [5, 5.41) is 0. The molecule has 0 aromatic carbocycles. The standard InChI is InChI=1S/C11H23NO/c1-2-6-10(12)9-13-11-7-4-3-5-8-11/h10-11H,2-9,12H2,1H3. The molecule has 0 heterocycles. The summed E-state index contributed by atoms with van der Waals surface area (Å²) in [6.07, 6.45) is 9.33. The lowest BCUT2D eigenvalue weighted by Crippen LogP contribution is -2.29. The summed E-state index contributed by atoms with van der Waals surface area (Å²) in [6, 6.07) is 0.256. The topological polar surface area (TPSA) is 35.2 Å². The Morgan fingerprint density at radius 2 is 2.00 bits per heavy atom. The van der Waals surface area contributed by atoms with Gasteiger partial charge in [-0.15, -0.1) is 0 Å². The molecule has 13 heavy (non-hydrogen) atoms. The molecule has 0 radical (unpaired) electrons. The van der Waals surface area contributed by atoms with Crippen LogP contribution >= 0.6 is 0 Å². The maximum absolute atomic E-state index is 5.88. The van der Waals surface area contributed by atoms with Gasteiger partial charge in [-0.05, 0) is 19.3 Å². The summed E-state index contributed by atoms with van der Waals surface area (Å²) >= 11 is 0. The van der Waals surface area contributed by atoms with Crippen molar-refractivity contribution in [1.29, 1.82) is 0 Å². The summed E-state index contributed by atoms with van der Waals surface area (Å²) in [5.41, 5.74) is 5.88. The summed E-state index contributed by atoms with van der Waals surface area (Å²) in [4.78, 5) is 0. The second-order valence-electron chi connectivity index (χ2n) is 4.14. The predicted molar refractivity (Wildman–Crippen MR) is 55.7 cm³/mol. The van der Waals surface area contributed by atoms with Crippen molar-refractivity contribution >= 4 is 0 Å². The lowest BCUT2D eigenvalue weighted by atomic mass is 9.98. The van der Waals surface area contributed by atoms with E-state index in [1.165, 1.54) is 32.1 Å². The maximum atomic E-state index is 5.88. The van der Waals surface area contributed by atoms with Crippen molar-refractivity contribution in [1.82, 2.24) is 0 Å². The SMILES string of the molecule is CCCC(N)COC1CCCCC1. The third kappa shape index (κ3) is 4.63. The predicted octanol–water partition coefficient (Wildman–Crippen LogP) is 2.46. The van der Waals surface area contributed by atoms with Gasteiger partial charge in [-0.3, -0.25) is 0 Å². The normalized spacial score (nSPS) is 21.7. The van der Waals surface area contributed by atoms with Crippen LogP contribution in [0.15, 0.2) is 0 Å². The fourth-order valence-electron chi connectivity index (χ4n) is 1.95. The Morgan fingerprint density at radius 1 is 1.31 bits per heavy atom. The molecule has 2 nitrogen and oxygen atoms in total. The Hall–Kier alpha value is -0.0800. The zero-order chi connectivity index (χ0) is 9.52. The van der Waals surface area contributed by atoms with E-state index >= 15 is 0 Å². The molecule has 1 aliphatic carbocycles. The highest BCUT2D eigenvalue weighted by Gasteiger charge is 2.14. The number of hydrogen-bond donors (Lipinski definition) is 1. The van der Waals surface area contributed by atoms with E-state index in [0.29, 0.717) is 6.10 Å². The number of rotatable bonds is 5. The van der Waals surface area contributed by atoms with Gasteiger partial charge in [-0.1, -0.05) is 32.6 Å². The molecule has 0 aromatic rings. The molecule has 78 valence electrons. The van der Waals surface area contributed by atoms with Crippen LogP contribution in [0, 0.1) is 0 Å². The minimum Gasteiger partial charge on any atom is -0.377 e. The molecule has 2 N–H and O–H groups in total. The average Bonchev–Trinajstić information content (AvgIpc) is 2.17. The van der Waals surface area contributed by atoms with E-state index in [1.54, 1.807) is 0 Å². The fourth-order valence-corrected chi connectivity index (χ4v) is 1.95. The van der Waals surface area contributed by atoms with Crippen LogP contribution in [0.4, 0.5) is 0 Å². The first-order valence-corrected chi connectivity index (χ1v) is 5.70. The molecule has 0 aromatic heterocycles. The third-order valence-electron chi connectivity index (χ3n) is 2.76. The first kappa shape index (κ1) is 11.0. The Balaban J connectivity index is 2.03. The molecular formula is C11H23NO. The first-order chi connectivity index (χ1) is 6.33. The van der Waals surface area contributed by atoms with E-state index in [-0.39, 0.29) is 6.04 Å². The zero-order valence-corrected chi connectivity index (χ0v) is 8.80. The molecular weight excluding hydrogens is 162 g/mol. The second kappa shape index (κ2) is 6.39. The van der Waals surface area contributed by atoms with Crippen molar-refractivity contribution < 1.29 is 4.74 Å². The van der Waals surface area contributed by atoms with Gasteiger partial charge in [0.05, 0.1) is 12.7 Å². The van der Waals surface area contributed by atoms with Gasteiger partial charge in [0, 0.05) is 6.04 Å². The number of ether oxygens (including phenoxy) is 1. The zero-order valence-electron chi connectivity index (χ0n) is 8.80. The lowest BCUT2D eigenvalue weighted by molar-refractivity contribution is 0.0198. The minimum atomic E-state index is 0.256. The Labute approximate surface area is 81.8 Å². The van der Waals surface area contributed by atoms with E-state index in [2.05, 4.69) is 6.92 Å². The molecule has 1 fully saturated rings. The van der Waals surface area contributed by atoms with E-state index in [9.17, 15) is 0 Å². The van der Waals surface area contributed by atoms with Crippen LogP contribution in [-0.2, 0) is 4.74 Å². The second-order valence-corrected chi connectivity index (χ2v) is 4.14.